The first-order chi connectivity index (χ1) is 14.9. The van der Waals surface area contributed by atoms with Crippen molar-refractivity contribution in [3.8, 4) is 0 Å². The van der Waals surface area contributed by atoms with Gasteiger partial charge >= 0.3 is 0 Å². The number of carbonyl (C=O) groups excluding carboxylic acids is 1. The highest BCUT2D eigenvalue weighted by atomic mass is 32.2. The molecule has 4 rings (SSSR count). The maximum absolute atomic E-state index is 12.8. The summed E-state index contributed by atoms with van der Waals surface area (Å²) in [7, 11) is -3.62. The number of amides is 1. The first-order valence-corrected chi connectivity index (χ1v) is 12.3. The Morgan fingerprint density at radius 3 is 2.68 bits per heavy atom. The van der Waals surface area contributed by atoms with Gasteiger partial charge in [-0.3, -0.25) is 4.79 Å². The Balaban J connectivity index is 1.58. The van der Waals surface area contributed by atoms with E-state index < -0.39 is 10.0 Å². The molecule has 1 aliphatic heterocycles. The third-order valence-corrected chi connectivity index (χ3v) is 7.85. The van der Waals surface area contributed by atoms with Gasteiger partial charge in [0.25, 0.3) is 5.91 Å². The lowest BCUT2D eigenvalue weighted by Crippen LogP contribution is -2.30. The second-order valence-corrected chi connectivity index (χ2v) is 9.70. The van der Waals surface area contributed by atoms with E-state index in [0.717, 1.165) is 42.7 Å². The van der Waals surface area contributed by atoms with E-state index in [-0.39, 0.29) is 10.8 Å². The standard InChI is InChI=1S/C23H28N4O3S/c1-3-26(4-2)31(29,30)19-10-8-9-17(15-19)23(28)24-18-12-13-21-20(16-18)25-22-11-6-5-7-14-27(21)22/h8-10,12-13,15-16H,3-7,11,14H2,1-2H3,(H,24,28). The van der Waals surface area contributed by atoms with Crippen molar-refractivity contribution in [2.45, 2.75) is 51.0 Å². The number of benzene rings is 2. The number of nitrogens with zero attached hydrogens (tertiary/aromatic N) is 3. The van der Waals surface area contributed by atoms with Crippen molar-refractivity contribution in [1.29, 1.82) is 0 Å². The maximum Gasteiger partial charge on any atom is 0.255 e. The van der Waals surface area contributed by atoms with Crippen LogP contribution in [0.2, 0.25) is 0 Å². The van der Waals surface area contributed by atoms with Gasteiger partial charge in [0.2, 0.25) is 10.0 Å². The molecule has 1 amide bonds. The average Bonchev–Trinajstić information content (AvgIpc) is 2.94. The number of aryl methyl sites for hydroxylation is 2. The van der Waals surface area contributed by atoms with Crippen LogP contribution in [0.5, 0.6) is 0 Å². The second kappa shape index (κ2) is 8.80. The fourth-order valence-corrected chi connectivity index (χ4v) is 5.65. The molecular weight excluding hydrogens is 412 g/mol. The maximum atomic E-state index is 12.8. The van der Waals surface area contributed by atoms with Crippen LogP contribution in [0.15, 0.2) is 47.4 Å². The number of nitrogens with one attached hydrogen (secondary N) is 1. The number of anilines is 1. The van der Waals surface area contributed by atoms with Gasteiger partial charge in [-0.05, 0) is 49.2 Å². The van der Waals surface area contributed by atoms with Crippen molar-refractivity contribution in [3.05, 3.63) is 53.9 Å². The zero-order chi connectivity index (χ0) is 22.0. The van der Waals surface area contributed by atoms with Crippen molar-refractivity contribution in [2.24, 2.45) is 0 Å². The van der Waals surface area contributed by atoms with Crippen LogP contribution in [-0.4, -0.2) is 41.3 Å². The molecule has 8 heteroatoms. The van der Waals surface area contributed by atoms with Crippen molar-refractivity contribution in [2.75, 3.05) is 18.4 Å². The van der Waals surface area contributed by atoms with Gasteiger partial charge in [0.05, 0.1) is 15.9 Å². The van der Waals surface area contributed by atoms with Crippen LogP contribution in [0.25, 0.3) is 11.0 Å². The minimum atomic E-state index is -3.62. The van der Waals surface area contributed by atoms with Gasteiger partial charge in [-0.25, -0.2) is 13.4 Å². The van der Waals surface area contributed by atoms with Crippen LogP contribution in [-0.2, 0) is 23.0 Å². The molecule has 0 unspecified atom stereocenters. The van der Waals surface area contributed by atoms with Gasteiger partial charge < -0.3 is 9.88 Å². The molecule has 0 saturated heterocycles. The monoisotopic (exact) mass is 440 g/mol. The molecule has 2 heterocycles. The summed E-state index contributed by atoms with van der Waals surface area (Å²) >= 11 is 0. The molecule has 0 fully saturated rings. The summed E-state index contributed by atoms with van der Waals surface area (Å²) in [5.74, 6) is 0.752. The predicted octanol–water partition coefficient (Wildman–Crippen LogP) is 4.05. The third-order valence-electron chi connectivity index (χ3n) is 5.81. The summed E-state index contributed by atoms with van der Waals surface area (Å²) in [4.78, 5) is 17.7. The van der Waals surface area contributed by atoms with E-state index in [4.69, 9.17) is 4.98 Å². The molecule has 7 nitrogen and oxygen atoms in total. The predicted molar refractivity (Wildman–Crippen MR) is 122 cm³/mol. The number of sulfonamides is 1. The molecular formula is C23H28N4O3S. The van der Waals surface area contributed by atoms with Gasteiger partial charge in [-0.15, -0.1) is 0 Å². The average molecular weight is 441 g/mol. The lowest BCUT2D eigenvalue weighted by Gasteiger charge is -2.18. The Bertz CT molecular complexity index is 1210. The molecule has 31 heavy (non-hydrogen) atoms. The molecule has 0 radical (unpaired) electrons. The second-order valence-electron chi connectivity index (χ2n) is 7.77. The summed E-state index contributed by atoms with van der Waals surface area (Å²) < 4.78 is 29.2. The van der Waals surface area contributed by atoms with Crippen molar-refractivity contribution in [1.82, 2.24) is 13.9 Å². The van der Waals surface area contributed by atoms with E-state index in [2.05, 4.69) is 9.88 Å². The number of carbonyl (C=O) groups is 1. The van der Waals surface area contributed by atoms with Crippen LogP contribution in [0.4, 0.5) is 5.69 Å². The lowest BCUT2D eigenvalue weighted by atomic mass is 10.2. The summed E-state index contributed by atoms with van der Waals surface area (Å²) in [5, 5.41) is 2.88. The topological polar surface area (TPSA) is 84.3 Å². The van der Waals surface area contributed by atoms with Crippen molar-refractivity contribution < 1.29 is 13.2 Å². The summed E-state index contributed by atoms with van der Waals surface area (Å²) in [6.07, 6.45) is 4.51. The quantitative estimate of drug-likeness (QED) is 0.627. The minimum absolute atomic E-state index is 0.122. The number of rotatable bonds is 6. The normalized spacial score (nSPS) is 14.4. The number of aromatic nitrogens is 2. The van der Waals surface area contributed by atoms with Gasteiger partial charge in [0, 0.05) is 37.3 Å². The van der Waals surface area contributed by atoms with E-state index in [1.54, 1.807) is 26.0 Å². The molecule has 1 aromatic heterocycles. The van der Waals surface area contributed by atoms with Crippen LogP contribution >= 0.6 is 0 Å². The van der Waals surface area contributed by atoms with Gasteiger partial charge in [-0.2, -0.15) is 4.31 Å². The first-order valence-electron chi connectivity index (χ1n) is 10.8. The first kappa shape index (κ1) is 21.5. The Kier molecular flexibility index (Phi) is 6.11. The smallest absolute Gasteiger partial charge is 0.255 e. The largest absolute Gasteiger partial charge is 0.328 e. The van der Waals surface area contributed by atoms with E-state index in [1.165, 1.54) is 22.9 Å². The Hall–Kier alpha value is -2.71. The fraction of sp³-hybridized carbons (Fsp3) is 0.391. The lowest BCUT2D eigenvalue weighted by molar-refractivity contribution is 0.102. The summed E-state index contributed by atoms with van der Waals surface area (Å²) in [5.41, 5.74) is 2.89. The molecule has 1 N–H and O–H groups in total. The van der Waals surface area contributed by atoms with Gasteiger partial charge in [0.1, 0.15) is 5.82 Å². The van der Waals surface area contributed by atoms with Crippen LogP contribution in [0.1, 0.15) is 49.3 Å². The number of fused-ring (bicyclic) bond motifs is 3. The third kappa shape index (κ3) is 4.22. The van der Waals surface area contributed by atoms with Crippen LogP contribution in [0, 0.1) is 0 Å². The zero-order valence-corrected chi connectivity index (χ0v) is 18.8. The molecule has 3 aromatic rings. The molecule has 0 spiro atoms. The molecule has 1 aliphatic rings. The zero-order valence-electron chi connectivity index (χ0n) is 18.0. The SMILES string of the molecule is CCN(CC)S(=O)(=O)c1cccc(C(=O)Nc2ccc3c(c2)nc2n3CCCCC2)c1. The van der Waals surface area contributed by atoms with Crippen LogP contribution in [0.3, 0.4) is 0 Å². The number of imidazole rings is 1. The summed E-state index contributed by atoms with van der Waals surface area (Å²) in [6.45, 7) is 5.33. The molecule has 0 aliphatic carbocycles. The molecule has 0 atom stereocenters. The highest BCUT2D eigenvalue weighted by Gasteiger charge is 2.22. The Morgan fingerprint density at radius 1 is 1.10 bits per heavy atom. The minimum Gasteiger partial charge on any atom is -0.328 e. The van der Waals surface area contributed by atoms with Gasteiger partial charge in [-0.1, -0.05) is 26.3 Å². The highest BCUT2D eigenvalue weighted by Crippen LogP contribution is 2.25. The van der Waals surface area contributed by atoms with E-state index in [9.17, 15) is 13.2 Å². The molecule has 0 bridgehead atoms. The Labute approximate surface area is 183 Å². The van der Waals surface area contributed by atoms with Crippen LogP contribution < -0.4 is 5.32 Å². The number of hydrogen-bond donors (Lipinski definition) is 1. The Morgan fingerprint density at radius 2 is 1.90 bits per heavy atom. The summed E-state index contributed by atoms with van der Waals surface area (Å²) in [6, 6.07) is 11.9. The van der Waals surface area contributed by atoms with Crippen molar-refractivity contribution in [3.63, 3.8) is 0 Å². The fourth-order valence-electron chi connectivity index (χ4n) is 4.14. The van der Waals surface area contributed by atoms with Gasteiger partial charge in [0.15, 0.2) is 0 Å². The molecule has 0 saturated carbocycles. The molecule has 2 aromatic carbocycles. The van der Waals surface area contributed by atoms with Crippen molar-refractivity contribution >= 4 is 32.7 Å². The van der Waals surface area contributed by atoms with E-state index in [1.807, 2.05) is 18.2 Å². The highest BCUT2D eigenvalue weighted by molar-refractivity contribution is 7.89. The number of hydrogen-bond acceptors (Lipinski definition) is 4. The van der Waals surface area contributed by atoms with E-state index in [0.29, 0.717) is 24.3 Å². The molecule has 164 valence electrons. The van der Waals surface area contributed by atoms with E-state index >= 15 is 0 Å².